The first kappa shape index (κ1) is 21.2. The second-order valence-corrected chi connectivity index (χ2v) is 5.68. The highest BCUT2D eigenvalue weighted by Gasteiger charge is 2.23. The predicted molar refractivity (Wildman–Crippen MR) is 99.8 cm³/mol. The fourth-order valence-electron chi connectivity index (χ4n) is 2.17. The van der Waals surface area contributed by atoms with Crippen molar-refractivity contribution in [3.63, 3.8) is 0 Å². The van der Waals surface area contributed by atoms with Gasteiger partial charge in [0.2, 0.25) is 6.10 Å². The third-order valence-electron chi connectivity index (χ3n) is 3.41. The summed E-state index contributed by atoms with van der Waals surface area (Å²) in [5, 5.41) is 2.95. The summed E-state index contributed by atoms with van der Waals surface area (Å²) >= 11 is 6.00. The van der Waals surface area contributed by atoms with Crippen molar-refractivity contribution in [3.05, 3.63) is 64.9 Å². The number of amides is 1. The Bertz CT molecular complexity index is 671. The van der Waals surface area contributed by atoms with Gasteiger partial charge in [-0.1, -0.05) is 41.9 Å². The van der Waals surface area contributed by atoms with E-state index in [0.717, 1.165) is 18.9 Å². The van der Waals surface area contributed by atoms with Gasteiger partial charge < -0.3 is 15.8 Å². The fraction of sp³-hybridized carbons (Fsp3) is 0.278. The monoisotopic (exact) mass is 386 g/mol. The van der Waals surface area contributed by atoms with E-state index in [1.165, 1.54) is 12.1 Å². The Kier molecular flexibility index (Phi) is 9.27. The van der Waals surface area contributed by atoms with Crippen LogP contribution in [0.2, 0.25) is 5.02 Å². The number of carbonyl (C=O) groups is 1. The Balaban J connectivity index is 0.00000312. The number of rotatable bonds is 8. The number of halogens is 3. The van der Waals surface area contributed by atoms with E-state index < -0.39 is 11.9 Å². The smallest absolute Gasteiger partial charge is 0.265 e. The van der Waals surface area contributed by atoms with E-state index in [0.29, 0.717) is 18.7 Å². The van der Waals surface area contributed by atoms with Crippen LogP contribution in [0.15, 0.2) is 48.5 Å². The molecular formula is C18H21Cl2FN2O2. The predicted octanol–water partition coefficient (Wildman–Crippen LogP) is 3.88. The van der Waals surface area contributed by atoms with Crippen LogP contribution in [-0.2, 0) is 4.79 Å². The SMILES string of the molecule is Cl.NCCCCNC(=O)C(Oc1ccc(F)cc1Cl)c1ccccc1. The van der Waals surface area contributed by atoms with Crippen molar-refractivity contribution in [2.45, 2.75) is 18.9 Å². The Morgan fingerprint density at radius 1 is 1.20 bits per heavy atom. The van der Waals surface area contributed by atoms with Crippen molar-refractivity contribution < 1.29 is 13.9 Å². The quantitative estimate of drug-likeness (QED) is 0.676. The molecule has 1 unspecified atom stereocenters. The van der Waals surface area contributed by atoms with Crippen molar-refractivity contribution in [2.24, 2.45) is 5.73 Å². The zero-order valence-electron chi connectivity index (χ0n) is 13.6. The molecule has 0 aliphatic carbocycles. The van der Waals surface area contributed by atoms with Gasteiger partial charge in [0.05, 0.1) is 5.02 Å². The van der Waals surface area contributed by atoms with Crippen molar-refractivity contribution >= 4 is 29.9 Å². The molecule has 25 heavy (non-hydrogen) atoms. The Hall–Kier alpha value is -1.82. The number of nitrogens with two attached hydrogens (primary N) is 1. The normalized spacial score (nSPS) is 11.3. The molecule has 0 aliphatic heterocycles. The summed E-state index contributed by atoms with van der Waals surface area (Å²) in [4.78, 5) is 12.5. The molecule has 0 saturated carbocycles. The number of carbonyl (C=O) groups excluding carboxylic acids is 1. The third-order valence-corrected chi connectivity index (χ3v) is 3.70. The van der Waals surface area contributed by atoms with E-state index >= 15 is 0 Å². The van der Waals surface area contributed by atoms with Gasteiger partial charge in [-0.3, -0.25) is 4.79 Å². The molecule has 0 aliphatic rings. The van der Waals surface area contributed by atoms with Gasteiger partial charge in [-0.2, -0.15) is 0 Å². The lowest BCUT2D eigenvalue weighted by molar-refractivity contribution is -0.128. The zero-order valence-corrected chi connectivity index (χ0v) is 15.2. The first-order valence-electron chi connectivity index (χ1n) is 7.76. The van der Waals surface area contributed by atoms with E-state index in [2.05, 4.69) is 5.32 Å². The standard InChI is InChI=1S/C18H20ClFN2O2.ClH/c19-15-12-14(20)8-9-16(15)24-17(13-6-2-1-3-7-13)18(23)22-11-5-4-10-21;/h1-3,6-9,12,17H,4-5,10-11,21H2,(H,22,23);1H. The molecule has 0 saturated heterocycles. The topological polar surface area (TPSA) is 64.3 Å². The highest BCUT2D eigenvalue weighted by molar-refractivity contribution is 6.32. The molecule has 1 amide bonds. The van der Waals surface area contributed by atoms with Crippen LogP contribution in [0.4, 0.5) is 4.39 Å². The van der Waals surface area contributed by atoms with E-state index in [1.54, 1.807) is 12.1 Å². The number of nitrogens with one attached hydrogen (secondary N) is 1. The van der Waals surface area contributed by atoms with Crippen LogP contribution in [0.1, 0.15) is 24.5 Å². The molecule has 0 heterocycles. The van der Waals surface area contributed by atoms with Gasteiger partial charge in [-0.25, -0.2) is 4.39 Å². The summed E-state index contributed by atoms with van der Waals surface area (Å²) in [6.07, 6.45) is 0.758. The largest absolute Gasteiger partial charge is 0.474 e. The lowest BCUT2D eigenvalue weighted by Crippen LogP contribution is -2.33. The average molecular weight is 387 g/mol. The van der Waals surface area contributed by atoms with Gasteiger partial charge in [-0.05, 0) is 37.6 Å². The van der Waals surface area contributed by atoms with Crippen LogP contribution in [0.25, 0.3) is 0 Å². The van der Waals surface area contributed by atoms with E-state index in [-0.39, 0.29) is 29.1 Å². The van der Waals surface area contributed by atoms with Gasteiger partial charge >= 0.3 is 0 Å². The summed E-state index contributed by atoms with van der Waals surface area (Å²) in [7, 11) is 0. The molecule has 2 aromatic carbocycles. The molecule has 136 valence electrons. The summed E-state index contributed by atoms with van der Waals surface area (Å²) in [6, 6.07) is 12.9. The molecule has 0 fully saturated rings. The van der Waals surface area contributed by atoms with E-state index in [9.17, 15) is 9.18 Å². The number of unbranched alkanes of at least 4 members (excludes halogenated alkanes) is 1. The van der Waals surface area contributed by atoms with E-state index in [4.69, 9.17) is 22.1 Å². The molecule has 2 rings (SSSR count). The minimum atomic E-state index is -0.868. The van der Waals surface area contributed by atoms with E-state index in [1.807, 2.05) is 18.2 Å². The van der Waals surface area contributed by atoms with Crippen LogP contribution >= 0.6 is 24.0 Å². The Morgan fingerprint density at radius 3 is 2.56 bits per heavy atom. The first-order valence-corrected chi connectivity index (χ1v) is 8.14. The molecule has 2 aromatic rings. The molecule has 4 nitrogen and oxygen atoms in total. The van der Waals surface area contributed by atoms with Crippen LogP contribution < -0.4 is 15.8 Å². The lowest BCUT2D eigenvalue weighted by atomic mass is 10.1. The second-order valence-electron chi connectivity index (χ2n) is 5.27. The highest BCUT2D eigenvalue weighted by atomic mass is 35.5. The minimum absolute atomic E-state index is 0. The number of hydrogen-bond acceptors (Lipinski definition) is 3. The Morgan fingerprint density at radius 2 is 1.92 bits per heavy atom. The van der Waals surface area contributed by atoms with Crippen LogP contribution in [0.3, 0.4) is 0 Å². The van der Waals surface area contributed by atoms with Crippen LogP contribution in [0.5, 0.6) is 5.75 Å². The van der Waals surface area contributed by atoms with Crippen molar-refractivity contribution in [1.82, 2.24) is 5.32 Å². The van der Waals surface area contributed by atoms with Crippen molar-refractivity contribution in [1.29, 1.82) is 0 Å². The number of benzene rings is 2. The minimum Gasteiger partial charge on any atom is -0.474 e. The zero-order chi connectivity index (χ0) is 17.4. The molecule has 0 radical (unpaired) electrons. The molecule has 0 bridgehead atoms. The first-order chi connectivity index (χ1) is 11.6. The summed E-state index contributed by atoms with van der Waals surface area (Å²) in [5.74, 6) is -0.488. The van der Waals surface area contributed by atoms with Crippen molar-refractivity contribution in [3.8, 4) is 5.75 Å². The van der Waals surface area contributed by atoms with Crippen molar-refractivity contribution in [2.75, 3.05) is 13.1 Å². The molecule has 0 aromatic heterocycles. The number of hydrogen-bond donors (Lipinski definition) is 2. The number of ether oxygens (including phenoxy) is 1. The maximum absolute atomic E-state index is 13.2. The Labute approximate surface area is 157 Å². The third kappa shape index (κ3) is 6.53. The van der Waals surface area contributed by atoms with Gasteiger partial charge in [0, 0.05) is 12.1 Å². The van der Waals surface area contributed by atoms with Gasteiger partial charge in [0.15, 0.2) is 0 Å². The molecule has 0 spiro atoms. The maximum atomic E-state index is 13.2. The van der Waals surface area contributed by atoms with Gasteiger partial charge in [-0.15, -0.1) is 12.4 Å². The molecular weight excluding hydrogens is 366 g/mol. The molecule has 1 atom stereocenters. The summed E-state index contributed by atoms with van der Waals surface area (Å²) in [5.41, 5.74) is 6.13. The maximum Gasteiger partial charge on any atom is 0.265 e. The highest BCUT2D eigenvalue weighted by Crippen LogP contribution is 2.30. The lowest BCUT2D eigenvalue weighted by Gasteiger charge is -2.20. The average Bonchev–Trinajstić information content (AvgIpc) is 2.58. The van der Waals surface area contributed by atoms with Gasteiger partial charge in [0.25, 0.3) is 5.91 Å². The molecule has 3 N–H and O–H groups in total. The van der Waals surface area contributed by atoms with Gasteiger partial charge in [0.1, 0.15) is 11.6 Å². The summed E-state index contributed by atoms with van der Waals surface area (Å²) < 4.78 is 18.9. The van der Waals surface area contributed by atoms with Crippen LogP contribution in [0, 0.1) is 5.82 Å². The fourth-order valence-corrected chi connectivity index (χ4v) is 2.38. The molecule has 7 heteroatoms. The summed E-state index contributed by atoms with van der Waals surface area (Å²) in [6.45, 7) is 1.10. The van der Waals surface area contributed by atoms with Crippen LogP contribution in [-0.4, -0.2) is 19.0 Å². The second kappa shape index (κ2) is 10.9.